The van der Waals surface area contributed by atoms with Gasteiger partial charge in [0, 0.05) is 5.56 Å². The molecule has 9 heteroatoms. The molecule has 0 atom stereocenters. The van der Waals surface area contributed by atoms with Gasteiger partial charge in [-0.15, -0.1) is 10.2 Å². The van der Waals surface area contributed by atoms with Gasteiger partial charge in [-0.05, 0) is 12.1 Å². The number of aromatic nitrogens is 4. The van der Waals surface area contributed by atoms with Crippen molar-refractivity contribution in [3.63, 3.8) is 0 Å². The molecule has 27 heavy (non-hydrogen) atoms. The standard InChI is InChI=1S/C18H12N4O3S2/c23-14(24)10-26-18-21-20-17(27-18)22-15(11-6-2-1-3-7-11)19-13-9-5-4-8-12(13)16(22)25/h1-9H,10H2,(H,23,24). The first-order chi connectivity index (χ1) is 13.1. The van der Waals surface area contributed by atoms with Crippen LogP contribution in [0, 0.1) is 0 Å². The van der Waals surface area contributed by atoms with E-state index in [1.807, 2.05) is 36.4 Å². The molecular formula is C18H12N4O3S2. The summed E-state index contributed by atoms with van der Waals surface area (Å²) in [6.07, 6.45) is 0. The largest absolute Gasteiger partial charge is 0.481 e. The van der Waals surface area contributed by atoms with E-state index < -0.39 is 5.97 Å². The Morgan fingerprint density at radius 3 is 2.59 bits per heavy atom. The average molecular weight is 396 g/mol. The third kappa shape index (κ3) is 3.46. The minimum Gasteiger partial charge on any atom is -0.481 e. The van der Waals surface area contributed by atoms with Gasteiger partial charge in [0.25, 0.3) is 5.56 Å². The van der Waals surface area contributed by atoms with Crippen LogP contribution >= 0.6 is 23.1 Å². The summed E-state index contributed by atoms with van der Waals surface area (Å²) in [6.45, 7) is 0. The maximum atomic E-state index is 13.2. The van der Waals surface area contributed by atoms with E-state index in [1.165, 1.54) is 4.57 Å². The van der Waals surface area contributed by atoms with Crippen LogP contribution in [0.2, 0.25) is 0 Å². The molecule has 0 spiro atoms. The van der Waals surface area contributed by atoms with Gasteiger partial charge in [0.2, 0.25) is 5.13 Å². The van der Waals surface area contributed by atoms with Crippen molar-refractivity contribution in [2.24, 2.45) is 0 Å². The average Bonchev–Trinajstić information content (AvgIpc) is 3.15. The zero-order chi connectivity index (χ0) is 18.8. The van der Waals surface area contributed by atoms with E-state index in [4.69, 9.17) is 5.11 Å². The number of carbonyl (C=O) groups is 1. The van der Waals surface area contributed by atoms with E-state index >= 15 is 0 Å². The molecule has 0 saturated heterocycles. The number of rotatable bonds is 5. The van der Waals surface area contributed by atoms with Gasteiger partial charge in [-0.2, -0.15) is 0 Å². The number of fused-ring (bicyclic) bond motifs is 1. The quantitative estimate of drug-likeness (QED) is 0.518. The highest BCUT2D eigenvalue weighted by atomic mass is 32.2. The van der Waals surface area contributed by atoms with Crippen LogP contribution in [0.4, 0.5) is 0 Å². The third-order valence-corrected chi connectivity index (χ3v) is 5.74. The molecule has 2 aromatic carbocycles. The van der Waals surface area contributed by atoms with Crippen molar-refractivity contribution >= 4 is 40.0 Å². The smallest absolute Gasteiger partial charge is 0.313 e. The second-order valence-electron chi connectivity index (χ2n) is 5.49. The summed E-state index contributed by atoms with van der Waals surface area (Å²) in [5.74, 6) is -0.595. The number of thioether (sulfide) groups is 1. The van der Waals surface area contributed by atoms with Crippen molar-refractivity contribution in [3.8, 4) is 16.5 Å². The monoisotopic (exact) mass is 396 g/mol. The summed E-state index contributed by atoms with van der Waals surface area (Å²) in [4.78, 5) is 28.6. The van der Waals surface area contributed by atoms with E-state index in [-0.39, 0.29) is 11.3 Å². The van der Waals surface area contributed by atoms with Crippen molar-refractivity contribution in [2.75, 3.05) is 5.75 Å². The molecule has 0 unspecified atom stereocenters. The number of benzene rings is 2. The normalized spacial score (nSPS) is 11.0. The number of para-hydroxylation sites is 1. The first kappa shape index (κ1) is 17.4. The van der Waals surface area contributed by atoms with Crippen LogP contribution in [0.3, 0.4) is 0 Å². The van der Waals surface area contributed by atoms with Crippen LogP contribution in [0.5, 0.6) is 0 Å². The fourth-order valence-corrected chi connectivity index (χ4v) is 4.13. The lowest BCUT2D eigenvalue weighted by Gasteiger charge is -2.10. The van der Waals surface area contributed by atoms with Gasteiger partial charge in [0.1, 0.15) is 5.82 Å². The number of nitrogens with zero attached hydrogens (tertiary/aromatic N) is 4. The Labute approximate surface area is 161 Å². The number of hydrogen-bond acceptors (Lipinski definition) is 7. The Bertz CT molecular complexity index is 1190. The number of carboxylic acid groups (broad SMARTS) is 1. The number of aliphatic carboxylic acids is 1. The Balaban J connectivity index is 1.92. The molecule has 0 aliphatic carbocycles. The van der Waals surface area contributed by atoms with Crippen molar-refractivity contribution in [2.45, 2.75) is 4.34 Å². The van der Waals surface area contributed by atoms with Crippen molar-refractivity contribution < 1.29 is 9.90 Å². The zero-order valence-electron chi connectivity index (χ0n) is 13.8. The molecule has 0 fully saturated rings. The fourth-order valence-electron chi connectivity index (χ4n) is 2.57. The fraction of sp³-hybridized carbons (Fsp3) is 0.0556. The molecule has 4 rings (SSSR count). The first-order valence-electron chi connectivity index (χ1n) is 7.89. The van der Waals surface area contributed by atoms with Crippen LogP contribution < -0.4 is 5.56 Å². The van der Waals surface area contributed by atoms with Gasteiger partial charge in [0.15, 0.2) is 4.34 Å². The van der Waals surface area contributed by atoms with E-state index in [0.29, 0.717) is 26.2 Å². The third-order valence-electron chi connectivity index (χ3n) is 3.71. The number of hydrogen-bond donors (Lipinski definition) is 1. The lowest BCUT2D eigenvalue weighted by atomic mass is 10.2. The predicted molar refractivity (Wildman–Crippen MR) is 105 cm³/mol. The van der Waals surface area contributed by atoms with Crippen molar-refractivity contribution in [1.29, 1.82) is 0 Å². The second kappa shape index (κ2) is 7.29. The van der Waals surface area contributed by atoms with Crippen molar-refractivity contribution in [1.82, 2.24) is 19.7 Å². The summed E-state index contributed by atoms with van der Waals surface area (Å²) in [7, 11) is 0. The van der Waals surface area contributed by atoms with Crippen molar-refractivity contribution in [3.05, 3.63) is 65.0 Å². The van der Waals surface area contributed by atoms with Crippen LogP contribution in [0.1, 0.15) is 0 Å². The zero-order valence-corrected chi connectivity index (χ0v) is 15.4. The highest BCUT2D eigenvalue weighted by Gasteiger charge is 2.18. The summed E-state index contributed by atoms with van der Waals surface area (Å²) >= 11 is 2.22. The number of carboxylic acids is 1. The summed E-state index contributed by atoms with van der Waals surface area (Å²) in [5.41, 5.74) is 1.13. The maximum absolute atomic E-state index is 13.2. The highest BCUT2D eigenvalue weighted by Crippen LogP contribution is 2.27. The van der Waals surface area contributed by atoms with E-state index in [2.05, 4.69) is 15.2 Å². The topological polar surface area (TPSA) is 98.0 Å². The molecule has 0 bridgehead atoms. The lowest BCUT2D eigenvalue weighted by molar-refractivity contribution is -0.133. The van der Waals surface area contributed by atoms with E-state index in [0.717, 1.165) is 28.7 Å². The molecule has 4 aromatic rings. The minimum atomic E-state index is -0.939. The molecule has 1 N–H and O–H groups in total. The lowest BCUT2D eigenvalue weighted by Crippen LogP contribution is -2.21. The van der Waals surface area contributed by atoms with E-state index in [1.54, 1.807) is 18.2 Å². The van der Waals surface area contributed by atoms with Gasteiger partial charge in [-0.3, -0.25) is 9.59 Å². The van der Waals surface area contributed by atoms with Gasteiger partial charge < -0.3 is 5.11 Å². The van der Waals surface area contributed by atoms with Crippen LogP contribution in [-0.4, -0.2) is 36.6 Å². The second-order valence-corrected chi connectivity index (χ2v) is 7.67. The van der Waals surface area contributed by atoms with Crippen LogP contribution in [0.15, 0.2) is 63.7 Å². The Morgan fingerprint density at radius 1 is 1.07 bits per heavy atom. The molecular weight excluding hydrogens is 384 g/mol. The summed E-state index contributed by atoms with van der Waals surface area (Å²) in [6, 6.07) is 16.5. The molecule has 0 saturated carbocycles. The molecule has 0 amide bonds. The molecule has 0 aliphatic heterocycles. The SMILES string of the molecule is O=C(O)CSc1nnc(-n2c(-c3ccccc3)nc3ccccc3c2=O)s1. The molecule has 2 aromatic heterocycles. The van der Waals surface area contributed by atoms with Gasteiger partial charge >= 0.3 is 5.97 Å². The molecule has 134 valence electrons. The molecule has 0 aliphatic rings. The highest BCUT2D eigenvalue weighted by molar-refractivity contribution is 8.01. The summed E-state index contributed by atoms with van der Waals surface area (Å²) < 4.78 is 1.91. The van der Waals surface area contributed by atoms with Crippen LogP contribution in [-0.2, 0) is 4.79 Å². The van der Waals surface area contributed by atoms with Gasteiger partial charge in [-0.1, -0.05) is 65.6 Å². The maximum Gasteiger partial charge on any atom is 0.313 e. The Morgan fingerprint density at radius 2 is 1.81 bits per heavy atom. The van der Waals surface area contributed by atoms with Crippen LogP contribution in [0.25, 0.3) is 27.4 Å². The molecule has 7 nitrogen and oxygen atoms in total. The predicted octanol–water partition coefficient (Wildman–Crippen LogP) is 3.08. The molecule has 2 heterocycles. The van der Waals surface area contributed by atoms with E-state index in [9.17, 15) is 9.59 Å². The Hall–Kier alpha value is -3.04. The van der Waals surface area contributed by atoms with Gasteiger partial charge in [0.05, 0.1) is 16.7 Å². The van der Waals surface area contributed by atoms with Gasteiger partial charge in [-0.25, -0.2) is 9.55 Å². The summed E-state index contributed by atoms with van der Waals surface area (Å²) in [5, 5.41) is 17.8. The Kier molecular flexibility index (Phi) is 4.69. The molecule has 0 radical (unpaired) electrons. The first-order valence-corrected chi connectivity index (χ1v) is 9.69. The minimum absolute atomic E-state index is 0.120.